The maximum absolute atomic E-state index is 13.3. The molecule has 1 atom stereocenters. The fourth-order valence-electron chi connectivity index (χ4n) is 3.13. The van der Waals surface area contributed by atoms with E-state index in [-0.39, 0.29) is 5.91 Å². The number of aromatic nitrogens is 2. The van der Waals surface area contributed by atoms with Crippen LogP contribution in [0.25, 0.3) is 16.6 Å². The summed E-state index contributed by atoms with van der Waals surface area (Å²) in [5.41, 5.74) is -0.144. The first-order chi connectivity index (χ1) is 13.5. The maximum Gasteiger partial charge on any atom is 0.336 e. The number of methoxy groups -OCH3 is 1. The molecule has 0 aliphatic heterocycles. The van der Waals surface area contributed by atoms with Gasteiger partial charge in [-0.3, -0.25) is 14.2 Å². The standard InChI is InChI=1S/C21H23N3O4/c1-4-13-22-19(25)14(2)23-18-8-6-5-7-17(18)20(26)24(21(23)27)15-9-11-16(28-3)12-10-15/h5-12,14H,4,13H2,1-3H3,(H,22,25)/t14-/m1/s1. The van der Waals surface area contributed by atoms with Crippen LogP contribution >= 0.6 is 0 Å². The van der Waals surface area contributed by atoms with Crippen molar-refractivity contribution in [3.63, 3.8) is 0 Å². The lowest BCUT2D eigenvalue weighted by atomic mass is 10.2. The van der Waals surface area contributed by atoms with Gasteiger partial charge in [0.2, 0.25) is 5.91 Å². The summed E-state index contributed by atoms with van der Waals surface area (Å²) in [4.78, 5) is 38.9. The van der Waals surface area contributed by atoms with Crippen LogP contribution in [0, 0.1) is 0 Å². The Hall–Kier alpha value is -3.35. The van der Waals surface area contributed by atoms with Gasteiger partial charge in [-0.05, 0) is 49.7 Å². The van der Waals surface area contributed by atoms with E-state index in [1.165, 1.54) is 4.57 Å². The van der Waals surface area contributed by atoms with Gasteiger partial charge in [-0.25, -0.2) is 9.36 Å². The predicted octanol–water partition coefficient (Wildman–Crippen LogP) is 2.25. The molecule has 7 heteroatoms. The lowest BCUT2D eigenvalue weighted by Gasteiger charge is -2.19. The van der Waals surface area contributed by atoms with Gasteiger partial charge in [0, 0.05) is 6.54 Å². The van der Waals surface area contributed by atoms with Crippen molar-refractivity contribution >= 4 is 16.8 Å². The van der Waals surface area contributed by atoms with Gasteiger partial charge < -0.3 is 10.1 Å². The lowest BCUT2D eigenvalue weighted by molar-refractivity contribution is -0.123. The van der Waals surface area contributed by atoms with Crippen LogP contribution in [0.3, 0.4) is 0 Å². The average molecular weight is 381 g/mol. The summed E-state index contributed by atoms with van der Waals surface area (Å²) < 4.78 is 7.60. The van der Waals surface area contributed by atoms with Crippen molar-refractivity contribution in [1.29, 1.82) is 0 Å². The van der Waals surface area contributed by atoms with Crippen molar-refractivity contribution in [2.24, 2.45) is 0 Å². The number of hydrogen-bond donors (Lipinski definition) is 1. The molecule has 146 valence electrons. The van der Waals surface area contributed by atoms with Gasteiger partial charge in [0.25, 0.3) is 5.56 Å². The SMILES string of the molecule is CCCNC(=O)[C@@H](C)n1c(=O)n(-c2ccc(OC)cc2)c(=O)c2ccccc21. The maximum atomic E-state index is 13.3. The number of ether oxygens (including phenoxy) is 1. The Balaban J connectivity index is 2.27. The van der Waals surface area contributed by atoms with Crippen molar-refractivity contribution < 1.29 is 9.53 Å². The Labute approximate surface area is 162 Å². The van der Waals surface area contributed by atoms with Gasteiger partial charge in [0.15, 0.2) is 0 Å². The molecule has 0 saturated carbocycles. The van der Waals surface area contributed by atoms with E-state index in [9.17, 15) is 14.4 Å². The van der Waals surface area contributed by atoms with Crippen LogP contribution in [0.1, 0.15) is 26.3 Å². The first kappa shape index (κ1) is 19.4. The summed E-state index contributed by atoms with van der Waals surface area (Å²) in [6.07, 6.45) is 0.791. The van der Waals surface area contributed by atoms with E-state index in [1.54, 1.807) is 62.6 Å². The van der Waals surface area contributed by atoms with Crippen LogP contribution in [0.15, 0.2) is 58.1 Å². The Morgan fingerprint density at radius 2 is 1.79 bits per heavy atom. The minimum atomic E-state index is -0.769. The zero-order chi connectivity index (χ0) is 20.3. The molecule has 1 amide bonds. The van der Waals surface area contributed by atoms with Gasteiger partial charge in [-0.15, -0.1) is 0 Å². The van der Waals surface area contributed by atoms with E-state index in [0.29, 0.717) is 28.9 Å². The second-order valence-corrected chi connectivity index (χ2v) is 6.48. The highest BCUT2D eigenvalue weighted by Gasteiger charge is 2.22. The van der Waals surface area contributed by atoms with Gasteiger partial charge in [0.1, 0.15) is 11.8 Å². The number of benzene rings is 2. The molecule has 0 unspecified atom stereocenters. The van der Waals surface area contributed by atoms with E-state index >= 15 is 0 Å². The number of rotatable bonds is 6. The topological polar surface area (TPSA) is 82.3 Å². The minimum Gasteiger partial charge on any atom is -0.497 e. The van der Waals surface area contributed by atoms with E-state index in [1.807, 2.05) is 6.92 Å². The first-order valence-electron chi connectivity index (χ1n) is 9.18. The number of carbonyl (C=O) groups is 1. The molecule has 0 fully saturated rings. The summed E-state index contributed by atoms with van der Waals surface area (Å²) in [7, 11) is 1.54. The molecule has 0 aliphatic rings. The highest BCUT2D eigenvalue weighted by molar-refractivity contribution is 5.84. The zero-order valence-corrected chi connectivity index (χ0v) is 16.1. The minimum absolute atomic E-state index is 0.269. The fourth-order valence-corrected chi connectivity index (χ4v) is 3.13. The van der Waals surface area contributed by atoms with Crippen molar-refractivity contribution in [3.8, 4) is 11.4 Å². The van der Waals surface area contributed by atoms with Crippen molar-refractivity contribution in [1.82, 2.24) is 14.5 Å². The molecule has 0 spiro atoms. The molecular weight excluding hydrogens is 358 g/mol. The fraction of sp³-hybridized carbons (Fsp3) is 0.286. The zero-order valence-electron chi connectivity index (χ0n) is 16.1. The Bertz CT molecular complexity index is 1110. The predicted molar refractivity (Wildman–Crippen MR) is 108 cm³/mol. The van der Waals surface area contributed by atoms with Gasteiger partial charge in [0.05, 0.1) is 23.7 Å². The van der Waals surface area contributed by atoms with Crippen LogP contribution < -0.4 is 21.3 Å². The molecule has 1 heterocycles. The number of para-hydroxylation sites is 1. The number of hydrogen-bond acceptors (Lipinski definition) is 4. The van der Waals surface area contributed by atoms with Gasteiger partial charge in [-0.1, -0.05) is 19.1 Å². The normalized spacial score (nSPS) is 12.0. The smallest absolute Gasteiger partial charge is 0.336 e. The summed E-state index contributed by atoms with van der Waals surface area (Å²) in [5, 5.41) is 3.18. The van der Waals surface area contributed by atoms with Crippen LogP contribution in [0.5, 0.6) is 5.75 Å². The van der Waals surface area contributed by atoms with E-state index in [0.717, 1.165) is 11.0 Å². The number of carbonyl (C=O) groups excluding carboxylic acids is 1. The molecule has 1 N–H and O–H groups in total. The Morgan fingerprint density at radius 3 is 2.43 bits per heavy atom. The third kappa shape index (κ3) is 3.43. The molecule has 3 rings (SSSR count). The number of amides is 1. The number of fused-ring (bicyclic) bond motifs is 1. The van der Waals surface area contributed by atoms with E-state index < -0.39 is 17.3 Å². The monoisotopic (exact) mass is 381 g/mol. The lowest BCUT2D eigenvalue weighted by Crippen LogP contribution is -2.43. The van der Waals surface area contributed by atoms with Crippen molar-refractivity contribution in [2.75, 3.05) is 13.7 Å². The average Bonchev–Trinajstić information content (AvgIpc) is 2.72. The molecular formula is C21H23N3O4. The molecule has 1 aromatic heterocycles. The highest BCUT2D eigenvalue weighted by atomic mass is 16.5. The summed E-state index contributed by atoms with van der Waals surface area (Å²) in [5.74, 6) is 0.347. The largest absolute Gasteiger partial charge is 0.497 e. The van der Waals surface area contributed by atoms with Crippen LogP contribution in [-0.2, 0) is 4.79 Å². The quantitative estimate of drug-likeness (QED) is 0.710. The molecule has 2 aromatic carbocycles. The molecule has 0 radical (unpaired) electrons. The highest BCUT2D eigenvalue weighted by Crippen LogP contribution is 2.16. The van der Waals surface area contributed by atoms with Crippen molar-refractivity contribution in [3.05, 3.63) is 69.4 Å². The summed E-state index contributed by atoms with van der Waals surface area (Å²) in [6, 6.07) is 12.7. The molecule has 7 nitrogen and oxygen atoms in total. The Kier molecular flexibility index (Phi) is 5.63. The van der Waals surface area contributed by atoms with E-state index in [4.69, 9.17) is 4.74 Å². The molecule has 0 saturated heterocycles. The van der Waals surface area contributed by atoms with Crippen LogP contribution in [0.4, 0.5) is 0 Å². The third-order valence-electron chi connectivity index (χ3n) is 4.64. The van der Waals surface area contributed by atoms with Crippen molar-refractivity contribution in [2.45, 2.75) is 26.3 Å². The Morgan fingerprint density at radius 1 is 1.11 bits per heavy atom. The van der Waals surface area contributed by atoms with E-state index in [2.05, 4.69) is 5.32 Å². The van der Waals surface area contributed by atoms with Crippen LogP contribution in [0.2, 0.25) is 0 Å². The molecule has 0 aliphatic carbocycles. The second kappa shape index (κ2) is 8.12. The first-order valence-corrected chi connectivity index (χ1v) is 9.18. The number of nitrogens with one attached hydrogen (secondary N) is 1. The van der Waals surface area contributed by atoms with Gasteiger partial charge >= 0.3 is 5.69 Å². The summed E-state index contributed by atoms with van der Waals surface area (Å²) in [6.45, 7) is 4.13. The second-order valence-electron chi connectivity index (χ2n) is 6.48. The van der Waals surface area contributed by atoms with Gasteiger partial charge in [-0.2, -0.15) is 0 Å². The number of nitrogens with zero attached hydrogens (tertiary/aromatic N) is 2. The van der Waals surface area contributed by atoms with Crippen LogP contribution in [-0.4, -0.2) is 28.7 Å². The third-order valence-corrected chi connectivity index (χ3v) is 4.64. The summed E-state index contributed by atoms with van der Waals surface area (Å²) >= 11 is 0. The molecule has 0 bridgehead atoms. The molecule has 3 aromatic rings. The molecule has 28 heavy (non-hydrogen) atoms.